The lowest BCUT2D eigenvalue weighted by atomic mass is 9.78. The van der Waals surface area contributed by atoms with Crippen molar-refractivity contribution in [3.63, 3.8) is 0 Å². The van der Waals surface area contributed by atoms with Gasteiger partial charge >= 0.3 is 0 Å². The third kappa shape index (κ3) is 12.0. The van der Waals surface area contributed by atoms with Crippen molar-refractivity contribution in [2.45, 2.75) is 112 Å². The van der Waals surface area contributed by atoms with Crippen LogP contribution in [0, 0.1) is 5.92 Å². The molecule has 0 spiro atoms. The summed E-state index contributed by atoms with van der Waals surface area (Å²) in [7, 11) is 0. The minimum absolute atomic E-state index is 0. The van der Waals surface area contributed by atoms with Gasteiger partial charge in [0.1, 0.15) is 0 Å². The summed E-state index contributed by atoms with van der Waals surface area (Å²) in [4.78, 5) is 2.82. The zero-order valence-electron chi connectivity index (χ0n) is 14.8. The Morgan fingerprint density at radius 3 is 1.87 bits per heavy atom. The van der Waals surface area contributed by atoms with Crippen LogP contribution in [-0.2, 0) is 0 Å². The van der Waals surface area contributed by atoms with E-state index in [9.17, 15) is 0 Å². The van der Waals surface area contributed by atoms with E-state index in [1.165, 1.54) is 83.7 Å². The van der Waals surface area contributed by atoms with Gasteiger partial charge in [-0.2, -0.15) is 0 Å². The largest absolute Gasteiger partial charge is 0.412 e. The lowest BCUT2D eigenvalue weighted by Crippen LogP contribution is -2.46. The molecule has 2 rings (SSSR count). The Kier molecular flexibility index (Phi) is 26.6. The summed E-state index contributed by atoms with van der Waals surface area (Å²) in [5.41, 5.74) is 0. The predicted octanol–water partition coefficient (Wildman–Crippen LogP) is 5.26. The maximum atomic E-state index is 2.82. The minimum atomic E-state index is 0. The van der Waals surface area contributed by atoms with E-state index >= 15 is 0 Å². The van der Waals surface area contributed by atoms with Crippen LogP contribution in [0.2, 0.25) is 0 Å². The fourth-order valence-electron chi connectivity index (χ4n) is 3.57. The molecule has 0 aromatic rings. The molecule has 2 aliphatic rings. The molecule has 146 valence electrons. The summed E-state index contributed by atoms with van der Waals surface area (Å²) in [5.74, 6) is 1.06. The molecule has 3 nitrogen and oxygen atoms in total. The van der Waals surface area contributed by atoms with Gasteiger partial charge < -0.3 is 15.9 Å². The van der Waals surface area contributed by atoms with Crippen LogP contribution in [0.4, 0.5) is 0 Å². The second-order valence-electron chi connectivity index (χ2n) is 6.50. The molecule has 2 fully saturated rings. The van der Waals surface area contributed by atoms with Crippen molar-refractivity contribution >= 4 is 0 Å². The molecule has 0 radical (unpaired) electrons. The van der Waals surface area contributed by atoms with Crippen LogP contribution in [0.25, 0.3) is 0 Å². The molecule has 1 saturated carbocycles. The Labute approximate surface area is 147 Å². The second kappa shape index (κ2) is 19.9. The van der Waals surface area contributed by atoms with Crippen molar-refractivity contribution in [2.75, 3.05) is 13.1 Å². The van der Waals surface area contributed by atoms with Crippen LogP contribution in [0.5, 0.6) is 0 Å². The molecule has 0 amide bonds. The van der Waals surface area contributed by atoms with Crippen LogP contribution in [0.3, 0.4) is 0 Å². The van der Waals surface area contributed by atoms with Crippen LogP contribution < -0.4 is 0 Å². The molecule has 23 heavy (non-hydrogen) atoms. The maximum absolute atomic E-state index is 2.82. The molecule has 0 aromatic carbocycles. The summed E-state index contributed by atoms with van der Waals surface area (Å²) < 4.78 is 0. The highest BCUT2D eigenvalue weighted by molar-refractivity contribution is 4.87. The van der Waals surface area contributed by atoms with Gasteiger partial charge in [-0.1, -0.05) is 74.1 Å². The van der Waals surface area contributed by atoms with Crippen molar-refractivity contribution in [2.24, 2.45) is 5.92 Å². The monoisotopic (exact) mass is 335 g/mol. The van der Waals surface area contributed by atoms with Crippen molar-refractivity contribution in [1.29, 1.82) is 0 Å². The van der Waals surface area contributed by atoms with Gasteiger partial charge in [-0.05, 0) is 51.1 Å². The van der Waals surface area contributed by atoms with E-state index < -0.39 is 0 Å². The van der Waals surface area contributed by atoms with E-state index in [0.717, 1.165) is 12.0 Å². The van der Waals surface area contributed by atoms with E-state index in [1.54, 1.807) is 0 Å². The molecule has 1 saturated heterocycles. The highest BCUT2D eigenvalue weighted by atomic mass is 16.0. The number of rotatable bonds is 5. The van der Waals surface area contributed by atoms with Gasteiger partial charge in [-0.25, -0.2) is 0 Å². The minimum Gasteiger partial charge on any atom is -0.412 e. The second-order valence-corrected chi connectivity index (χ2v) is 6.50. The van der Waals surface area contributed by atoms with E-state index in [-0.39, 0.29) is 25.8 Å². The van der Waals surface area contributed by atoms with Gasteiger partial charge in [0.05, 0.1) is 0 Å². The Bertz CT molecular complexity index is 208. The lowest BCUT2D eigenvalue weighted by molar-refractivity contribution is 0.0596. The molecule has 0 aromatic heterocycles. The Balaban J connectivity index is -0.000000205. The highest BCUT2D eigenvalue weighted by Gasteiger charge is 2.32. The summed E-state index contributed by atoms with van der Waals surface area (Å²) >= 11 is 0. The van der Waals surface area contributed by atoms with Gasteiger partial charge in [0.25, 0.3) is 0 Å². The molecule has 2 unspecified atom stereocenters. The van der Waals surface area contributed by atoms with Gasteiger partial charge in [0.15, 0.2) is 0 Å². The van der Waals surface area contributed by atoms with Crippen LogP contribution in [-0.4, -0.2) is 35.0 Å². The SMILES string of the molecule is C.C.CCCC.CCCCCN1CCCC2CCCCC21.O.O. The van der Waals surface area contributed by atoms with Crippen LogP contribution in [0.1, 0.15) is 106 Å². The number of likely N-dealkylation sites (tertiary alicyclic amines) is 1. The Morgan fingerprint density at radius 2 is 1.30 bits per heavy atom. The smallest absolute Gasteiger partial charge is 0.0123 e. The van der Waals surface area contributed by atoms with E-state index in [1.807, 2.05) is 0 Å². The molecule has 0 bridgehead atoms. The molecule has 3 heteroatoms. The number of nitrogens with zero attached hydrogens (tertiary/aromatic N) is 1. The molecule has 1 aliphatic heterocycles. The molecule has 2 atom stereocenters. The third-order valence-electron chi connectivity index (χ3n) is 4.91. The first-order valence-corrected chi connectivity index (χ1v) is 9.07. The van der Waals surface area contributed by atoms with Gasteiger partial charge in [-0.15, -0.1) is 0 Å². The molecule has 4 N–H and O–H groups in total. The molecular weight excluding hydrogens is 286 g/mol. The van der Waals surface area contributed by atoms with Crippen LogP contribution >= 0.6 is 0 Å². The number of fused-ring (bicyclic) bond motifs is 1. The summed E-state index contributed by atoms with van der Waals surface area (Å²) in [6.45, 7) is 9.44. The third-order valence-corrected chi connectivity index (χ3v) is 4.91. The van der Waals surface area contributed by atoms with Crippen LogP contribution in [0.15, 0.2) is 0 Å². The standard InChI is InChI=1S/C14H27N.C4H10.2CH4.2H2O/c1-2-3-6-11-15-12-7-9-13-8-4-5-10-14(13)15;1-3-4-2;;;;/h13-14H,2-12H2,1H3;3-4H2,1-2H3;2*1H4;2*1H2. The van der Waals surface area contributed by atoms with Crippen molar-refractivity contribution in [3.05, 3.63) is 0 Å². The van der Waals surface area contributed by atoms with Crippen molar-refractivity contribution < 1.29 is 11.0 Å². The van der Waals surface area contributed by atoms with Crippen molar-refractivity contribution in [3.8, 4) is 0 Å². The molecule has 1 heterocycles. The maximum Gasteiger partial charge on any atom is 0.0123 e. The van der Waals surface area contributed by atoms with Gasteiger partial charge in [0.2, 0.25) is 0 Å². The predicted molar refractivity (Wildman–Crippen MR) is 107 cm³/mol. The van der Waals surface area contributed by atoms with E-state index in [2.05, 4.69) is 25.7 Å². The number of piperidine rings is 1. The first kappa shape index (κ1) is 30.7. The summed E-state index contributed by atoms with van der Waals surface area (Å²) in [5, 5.41) is 0. The normalized spacial score (nSPS) is 22.6. The van der Waals surface area contributed by atoms with E-state index in [0.29, 0.717) is 0 Å². The molecule has 1 aliphatic carbocycles. The number of unbranched alkanes of at least 4 members (excludes halogenated alkanes) is 3. The first-order valence-electron chi connectivity index (χ1n) is 9.07. The lowest BCUT2D eigenvalue weighted by Gasteiger charge is -2.44. The zero-order valence-corrected chi connectivity index (χ0v) is 14.8. The average Bonchev–Trinajstić information content (AvgIpc) is 2.48. The summed E-state index contributed by atoms with van der Waals surface area (Å²) in [6.07, 6.45) is 15.9. The van der Waals surface area contributed by atoms with Crippen molar-refractivity contribution in [1.82, 2.24) is 4.90 Å². The van der Waals surface area contributed by atoms with E-state index in [4.69, 9.17) is 0 Å². The average molecular weight is 336 g/mol. The number of hydrogen-bond donors (Lipinski definition) is 0. The zero-order chi connectivity index (χ0) is 13.9. The summed E-state index contributed by atoms with van der Waals surface area (Å²) in [6, 6.07) is 0.976. The molecular formula is C20H49NO2. The number of hydrogen-bond acceptors (Lipinski definition) is 1. The Hall–Kier alpha value is -0.120. The first-order chi connectivity index (χ1) is 9.33. The van der Waals surface area contributed by atoms with Gasteiger partial charge in [0, 0.05) is 6.04 Å². The fourth-order valence-corrected chi connectivity index (χ4v) is 3.57. The quantitative estimate of drug-likeness (QED) is 0.632. The fraction of sp³-hybridized carbons (Fsp3) is 1.00. The Morgan fingerprint density at radius 1 is 0.739 bits per heavy atom. The topological polar surface area (TPSA) is 66.2 Å². The van der Waals surface area contributed by atoms with Gasteiger partial charge in [-0.3, -0.25) is 0 Å². The highest BCUT2D eigenvalue weighted by Crippen LogP contribution is 2.35.